The molecule has 0 aromatic carbocycles. The number of rotatable bonds is 34. The van der Waals surface area contributed by atoms with Crippen LogP contribution in [0.3, 0.4) is 0 Å². The zero-order valence-corrected chi connectivity index (χ0v) is 31.7. The van der Waals surface area contributed by atoms with Crippen LogP contribution in [0.15, 0.2) is 24.3 Å². The lowest BCUT2D eigenvalue weighted by molar-refractivity contribution is -0.203. The van der Waals surface area contributed by atoms with Crippen LogP contribution < -0.4 is 0 Å². The Morgan fingerprint density at radius 2 is 0.854 bits per heavy atom. The first-order valence-corrected chi connectivity index (χ1v) is 20.8. The minimum absolute atomic E-state index is 0.0635. The molecule has 1 fully saturated rings. The summed E-state index contributed by atoms with van der Waals surface area (Å²) in [5.74, 6) is -1.28. The summed E-state index contributed by atoms with van der Waals surface area (Å²) in [6.07, 6.45) is 41.1. The van der Waals surface area contributed by atoms with Crippen LogP contribution in [0, 0.1) is 0 Å². The zero-order valence-electron chi connectivity index (χ0n) is 31.7. The van der Waals surface area contributed by atoms with E-state index in [9.17, 15) is 24.9 Å². The minimum Gasteiger partial charge on any atom is -0.390 e. The average Bonchev–Trinajstić information content (AvgIpc) is 3.35. The molecular formula is C43H78O5. The van der Waals surface area contributed by atoms with Gasteiger partial charge in [0.1, 0.15) is 5.60 Å². The summed E-state index contributed by atoms with van der Waals surface area (Å²) in [5.41, 5.74) is -4.59. The maximum Gasteiger partial charge on any atom is 0.212 e. The van der Waals surface area contributed by atoms with E-state index in [4.69, 9.17) is 0 Å². The molecule has 0 radical (unpaired) electrons. The summed E-state index contributed by atoms with van der Waals surface area (Å²) in [7, 11) is 0. The fourth-order valence-corrected chi connectivity index (χ4v) is 7.28. The lowest BCUT2D eigenvalue weighted by atomic mass is 9.71. The van der Waals surface area contributed by atoms with E-state index in [1.165, 1.54) is 109 Å². The highest BCUT2D eigenvalue weighted by Gasteiger charge is 2.64. The number of carbonyl (C=O) groups is 2. The molecule has 3 N–H and O–H groups in total. The molecule has 280 valence electrons. The third-order valence-electron chi connectivity index (χ3n) is 10.6. The van der Waals surface area contributed by atoms with Gasteiger partial charge in [0, 0.05) is 12.8 Å². The molecule has 1 aliphatic carbocycles. The minimum atomic E-state index is -2.48. The third kappa shape index (κ3) is 18.6. The van der Waals surface area contributed by atoms with Crippen molar-refractivity contribution in [1.82, 2.24) is 0 Å². The second-order valence-corrected chi connectivity index (χ2v) is 14.9. The fourth-order valence-electron chi connectivity index (χ4n) is 7.28. The summed E-state index contributed by atoms with van der Waals surface area (Å²) in [6, 6.07) is 0. The number of unbranched alkanes of at least 4 members (excludes halogenated alkanes) is 24. The standard InChI is InChI=1S/C43H78O5/c1-3-5-7-9-11-13-15-17-19-21-23-25-27-29-31-33-35-39(44)42(47,43(48)40(45)36-37-41(43)46)38-34-32-30-28-26-24-22-20-18-16-14-12-10-8-6-4-2/h17-20,39,44,47-48H,3-16,21-38H2,1-2H3/b19-17-,20-18-. The van der Waals surface area contributed by atoms with E-state index in [1.54, 1.807) is 0 Å². The van der Waals surface area contributed by atoms with Crippen LogP contribution in [-0.4, -0.2) is 44.2 Å². The first-order valence-electron chi connectivity index (χ1n) is 20.8. The zero-order chi connectivity index (χ0) is 35.2. The monoisotopic (exact) mass is 675 g/mol. The number of ketones is 2. The van der Waals surface area contributed by atoms with Gasteiger partial charge in [-0.1, -0.05) is 167 Å². The van der Waals surface area contributed by atoms with Crippen molar-refractivity contribution in [2.24, 2.45) is 0 Å². The van der Waals surface area contributed by atoms with Crippen molar-refractivity contribution in [3.8, 4) is 0 Å². The fraction of sp³-hybridized carbons (Fsp3) is 0.860. The van der Waals surface area contributed by atoms with E-state index in [0.29, 0.717) is 12.8 Å². The average molecular weight is 675 g/mol. The van der Waals surface area contributed by atoms with Crippen molar-refractivity contribution in [2.45, 2.75) is 237 Å². The lowest BCUT2D eigenvalue weighted by Crippen LogP contribution is -2.66. The highest BCUT2D eigenvalue weighted by atomic mass is 16.4. The van der Waals surface area contributed by atoms with Gasteiger partial charge in [-0.25, -0.2) is 0 Å². The molecule has 2 atom stereocenters. The molecule has 5 heteroatoms. The molecule has 1 saturated carbocycles. The van der Waals surface area contributed by atoms with Gasteiger partial charge in [-0.15, -0.1) is 0 Å². The molecule has 0 heterocycles. The number of Topliss-reactive ketones (excluding diaryl/α,β-unsaturated/α-hetero) is 2. The van der Waals surface area contributed by atoms with Crippen molar-refractivity contribution < 1.29 is 24.9 Å². The Morgan fingerprint density at radius 3 is 1.23 bits per heavy atom. The SMILES string of the molecule is CCCCCCCC/C=C\CCCCCCCCC(O)C(O)(CCCCCCCC/C=C\CCCCCCCC)C1(O)C(=O)CCC1=O. The Bertz CT molecular complexity index is 832. The molecule has 1 aliphatic rings. The summed E-state index contributed by atoms with van der Waals surface area (Å²) in [6.45, 7) is 4.51. The van der Waals surface area contributed by atoms with E-state index < -0.39 is 28.9 Å². The number of aliphatic hydroxyl groups excluding tert-OH is 1. The van der Waals surface area contributed by atoms with Crippen LogP contribution >= 0.6 is 0 Å². The quantitative estimate of drug-likeness (QED) is 0.0359. The largest absolute Gasteiger partial charge is 0.390 e. The number of hydrogen-bond donors (Lipinski definition) is 3. The van der Waals surface area contributed by atoms with Crippen molar-refractivity contribution in [3.05, 3.63) is 24.3 Å². The molecule has 0 amide bonds. The van der Waals surface area contributed by atoms with Gasteiger partial charge in [0.15, 0.2) is 11.6 Å². The van der Waals surface area contributed by atoms with Crippen LogP contribution in [0.25, 0.3) is 0 Å². The van der Waals surface area contributed by atoms with E-state index in [2.05, 4.69) is 38.2 Å². The first-order chi connectivity index (χ1) is 23.3. The Hall–Kier alpha value is -1.30. The van der Waals surface area contributed by atoms with Gasteiger partial charge >= 0.3 is 0 Å². The van der Waals surface area contributed by atoms with Gasteiger partial charge in [-0.2, -0.15) is 0 Å². The van der Waals surface area contributed by atoms with Gasteiger partial charge in [0.05, 0.1) is 6.10 Å². The maximum atomic E-state index is 12.7. The molecular weight excluding hydrogens is 596 g/mol. The Kier molecular flexibility index (Phi) is 27.4. The number of hydrogen-bond acceptors (Lipinski definition) is 5. The van der Waals surface area contributed by atoms with E-state index >= 15 is 0 Å². The molecule has 5 nitrogen and oxygen atoms in total. The molecule has 0 saturated heterocycles. The van der Waals surface area contributed by atoms with Crippen LogP contribution in [0.1, 0.15) is 219 Å². The van der Waals surface area contributed by atoms with Crippen molar-refractivity contribution >= 4 is 11.6 Å². The second kappa shape index (κ2) is 29.4. The first kappa shape index (κ1) is 44.7. The van der Waals surface area contributed by atoms with Crippen LogP contribution in [0.2, 0.25) is 0 Å². The maximum absolute atomic E-state index is 12.7. The summed E-state index contributed by atoms with van der Waals surface area (Å²) >= 11 is 0. The summed E-state index contributed by atoms with van der Waals surface area (Å²) in [5, 5.41) is 34.1. The third-order valence-corrected chi connectivity index (χ3v) is 10.6. The molecule has 0 aliphatic heterocycles. The predicted molar refractivity (Wildman–Crippen MR) is 203 cm³/mol. The molecule has 48 heavy (non-hydrogen) atoms. The van der Waals surface area contributed by atoms with E-state index in [0.717, 1.165) is 57.8 Å². The van der Waals surface area contributed by atoms with Crippen molar-refractivity contribution in [2.75, 3.05) is 0 Å². The Balaban J connectivity index is 2.27. The van der Waals surface area contributed by atoms with Crippen molar-refractivity contribution in [3.63, 3.8) is 0 Å². The van der Waals surface area contributed by atoms with Crippen molar-refractivity contribution in [1.29, 1.82) is 0 Å². The Labute approximate surface area is 296 Å². The summed E-state index contributed by atoms with van der Waals surface area (Å²) in [4.78, 5) is 25.4. The number of carbonyl (C=O) groups excluding carboxylic acids is 2. The highest BCUT2D eigenvalue weighted by molar-refractivity contribution is 6.17. The smallest absolute Gasteiger partial charge is 0.212 e. The van der Waals surface area contributed by atoms with Crippen LogP contribution in [0.4, 0.5) is 0 Å². The van der Waals surface area contributed by atoms with Gasteiger partial charge in [0.2, 0.25) is 5.60 Å². The molecule has 2 unspecified atom stereocenters. The van der Waals surface area contributed by atoms with Crippen LogP contribution in [0.5, 0.6) is 0 Å². The van der Waals surface area contributed by atoms with Gasteiger partial charge in [0.25, 0.3) is 0 Å². The highest BCUT2D eigenvalue weighted by Crippen LogP contribution is 2.40. The molecule has 0 aromatic heterocycles. The predicted octanol–water partition coefficient (Wildman–Crippen LogP) is 11.6. The molecule has 0 aromatic rings. The second-order valence-electron chi connectivity index (χ2n) is 14.9. The molecule has 0 spiro atoms. The summed E-state index contributed by atoms with van der Waals surface area (Å²) < 4.78 is 0. The van der Waals surface area contributed by atoms with Gasteiger partial charge < -0.3 is 15.3 Å². The lowest BCUT2D eigenvalue weighted by Gasteiger charge is -2.42. The topological polar surface area (TPSA) is 94.8 Å². The van der Waals surface area contributed by atoms with Gasteiger partial charge in [-0.05, 0) is 64.2 Å². The Morgan fingerprint density at radius 1 is 0.542 bits per heavy atom. The van der Waals surface area contributed by atoms with Crippen LogP contribution in [-0.2, 0) is 9.59 Å². The van der Waals surface area contributed by atoms with Gasteiger partial charge in [-0.3, -0.25) is 9.59 Å². The molecule has 0 bridgehead atoms. The number of aliphatic hydroxyl groups is 3. The molecule has 1 rings (SSSR count). The van der Waals surface area contributed by atoms with E-state index in [-0.39, 0.29) is 25.7 Å². The normalized spacial score (nSPS) is 16.9. The number of allylic oxidation sites excluding steroid dienone is 4. The van der Waals surface area contributed by atoms with E-state index in [1.807, 2.05) is 0 Å².